The van der Waals surface area contributed by atoms with Crippen molar-refractivity contribution in [3.8, 4) is 0 Å². The summed E-state index contributed by atoms with van der Waals surface area (Å²) in [5.41, 5.74) is -5.83. The van der Waals surface area contributed by atoms with Crippen LogP contribution in [-0.4, -0.2) is 215 Å². The van der Waals surface area contributed by atoms with E-state index in [0.29, 0.717) is 85.9 Å². The standard InChI is InChI=1S/C10H20O3.5C10H20O2.5C9H18O3/c1-5-10(3,4)9(11)13-8-7-12-6-2;5*1-7-10(5,6)8(11)12-9(2,3)4;5*1-5-9(2,3)8(10)12-7-6-11-4/h5-8H2,1-4H3;5*7H2,1-6H3;5*5-7H2,1-4H3. The summed E-state index contributed by atoms with van der Waals surface area (Å²) in [7, 11) is 7.91. The molecular weight excluding hydrogens is 1710 g/mol. The van der Waals surface area contributed by atoms with Crippen LogP contribution in [0.3, 0.4) is 0 Å². The van der Waals surface area contributed by atoms with Gasteiger partial charge in [-0.25, -0.2) is 0 Å². The highest BCUT2D eigenvalue weighted by Crippen LogP contribution is 2.31. The minimum atomic E-state index is -0.372. The predicted octanol–water partition coefficient (Wildman–Crippen LogP) is 23.9. The molecule has 0 aliphatic heterocycles. The lowest BCUT2D eigenvalue weighted by molar-refractivity contribution is -0.166. The van der Waals surface area contributed by atoms with Crippen LogP contribution in [0.25, 0.3) is 0 Å². The minimum Gasteiger partial charge on any atom is -0.463 e. The third-order valence-electron chi connectivity index (χ3n) is 21.1. The van der Waals surface area contributed by atoms with Crippen LogP contribution in [0.4, 0.5) is 0 Å². The Bertz CT molecular complexity index is 2650. The van der Waals surface area contributed by atoms with Gasteiger partial charge in [0.25, 0.3) is 0 Å². The average Bonchev–Trinajstić information content (AvgIpc) is 0.874. The van der Waals surface area contributed by atoms with Gasteiger partial charge in [0.05, 0.1) is 99.2 Å². The molecule has 0 radical (unpaired) electrons. The van der Waals surface area contributed by atoms with Gasteiger partial charge in [-0.15, -0.1) is 0 Å². The van der Waals surface area contributed by atoms with Crippen LogP contribution in [-0.2, 0) is 133 Å². The zero-order valence-electron chi connectivity index (χ0n) is 95.9. The number of carbonyl (C=O) groups excluding carboxylic acids is 11. The van der Waals surface area contributed by atoms with E-state index < -0.39 is 0 Å². The molecule has 0 aromatic heterocycles. The molecule has 0 atom stereocenters. The van der Waals surface area contributed by atoms with Crippen LogP contribution in [0.15, 0.2) is 0 Å². The molecule has 0 saturated heterocycles. The van der Waals surface area contributed by atoms with E-state index in [1.165, 1.54) is 0 Å². The second kappa shape index (κ2) is 73.1. The molecule has 798 valence electrons. The Hall–Kier alpha value is -6.07. The lowest BCUT2D eigenvalue weighted by Gasteiger charge is -2.27. The van der Waals surface area contributed by atoms with Crippen molar-refractivity contribution in [1.29, 1.82) is 0 Å². The van der Waals surface area contributed by atoms with Crippen molar-refractivity contribution < 1.29 is 133 Å². The van der Waals surface area contributed by atoms with Gasteiger partial charge in [0.2, 0.25) is 0 Å². The van der Waals surface area contributed by atoms with Gasteiger partial charge in [0.1, 0.15) is 67.6 Å². The number of ether oxygens (including phenoxy) is 17. The monoisotopic (exact) mass is 1920 g/mol. The van der Waals surface area contributed by atoms with E-state index >= 15 is 0 Å². The second-order valence-corrected chi connectivity index (χ2v) is 44.1. The first-order valence-electron chi connectivity index (χ1n) is 47.9. The summed E-state index contributed by atoms with van der Waals surface area (Å²) >= 11 is 0. The van der Waals surface area contributed by atoms with E-state index in [1.807, 2.05) is 339 Å². The maximum Gasteiger partial charge on any atom is 0.312 e. The highest BCUT2D eigenvalue weighted by molar-refractivity contribution is 5.80. The summed E-state index contributed by atoms with van der Waals surface area (Å²) < 4.78 is 85.0. The summed E-state index contributed by atoms with van der Waals surface area (Å²) in [4.78, 5) is 125. The van der Waals surface area contributed by atoms with Crippen LogP contribution in [0.5, 0.6) is 0 Å². The quantitative estimate of drug-likeness (QED) is 0.0312. The Morgan fingerprint density at radius 2 is 0.248 bits per heavy atom. The molecule has 0 aromatic carbocycles. The number of methoxy groups -OCH3 is 5. The number of carbonyl (C=O) groups is 11. The average molecular weight is 1920 g/mol. The molecule has 28 nitrogen and oxygen atoms in total. The molecule has 0 amide bonds. The lowest BCUT2D eigenvalue weighted by Crippen LogP contribution is -2.33. The van der Waals surface area contributed by atoms with E-state index in [-0.39, 0.29) is 153 Å². The fourth-order valence-electron chi connectivity index (χ4n) is 6.27. The van der Waals surface area contributed by atoms with Gasteiger partial charge in [0, 0.05) is 42.2 Å². The number of rotatable bonds is 41. The Labute approximate surface area is 813 Å². The van der Waals surface area contributed by atoms with Crippen LogP contribution >= 0.6 is 0 Å². The molecule has 0 saturated carbocycles. The highest BCUT2D eigenvalue weighted by Gasteiger charge is 2.37. The Kier molecular flexibility index (Phi) is 82.4. The lowest BCUT2D eigenvalue weighted by atomic mass is 9.90. The predicted molar refractivity (Wildman–Crippen MR) is 536 cm³/mol. The fourth-order valence-corrected chi connectivity index (χ4v) is 6.27. The van der Waals surface area contributed by atoms with E-state index in [1.54, 1.807) is 35.5 Å². The summed E-state index contributed by atoms with van der Waals surface area (Å²) in [6.07, 6.45) is 8.78. The normalized spacial score (nSPS) is 12.0. The van der Waals surface area contributed by atoms with Gasteiger partial charge in [-0.05, 0) is 334 Å². The molecule has 133 heavy (non-hydrogen) atoms. The fraction of sp³-hybridized carbons (Fsp3) is 0.895. The van der Waals surface area contributed by atoms with Gasteiger partial charge in [0.15, 0.2) is 0 Å². The SMILES string of the molecule is CCC(C)(C)C(=O)OC(C)(C)C.CCC(C)(C)C(=O)OC(C)(C)C.CCC(C)(C)C(=O)OC(C)(C)C.CCC(C)(C)C(=O)OC(C)(C)C.CCC(C)(C)C(=O)OC(C)(C)C.CCC(C)(C)C(=O)OCCOC.CCC(C)(C)C(=O)OCCOC.CCC(C)(C)C(=O)OCCOC.CCC(C)(C)C(=O)OCCOC.CCC(C)(C)C(=O)OCCOC.CCOCCOC(=O)C(C)(C)CC. The maximum absolute atomic E-state index is 11.5. The number of hydrogen-bond acceptors (Lipinski definition) is 28. The third kappa shape index (κ3) is 87.2. The molecule has 0 spiro atoms. The van der Waals surface area contributed by atoms with E-state index in [0.717, 1.165) is 70.6 Å². The van der Waals surface area contributed by atoms with Crippen LogP contribution < -0.4 is 0 Å². The van der Waals surface area contributed by atoms with Gasteiger partial charge in [-0.2, -0.15) is 0 Å². The Morgan fingerprint density at radius 3 is 0.331 bits per heavy atom. The van der Waals surface area contributed by atoms with E-state index in [4.69, 9.17) is 80.5 Å². The van der Waals surface area contributed by atoms with Crippen molar-refractivity contribution in [2.75, 3.05) is 121 Å². The summed E-state index contributed by atoms with van der Waals surface area (Å²) in [5, 5.41) is 0. The van der Waals surface area contributed by atoms with Gasteiger partial charge >= 0.3 is 65.7 Å². The van der Waals surface area contributed by atoms with Gasteiger partial charge in [-0.1, -0.05) is 76.2 Å². The smallest absolute Gasteiger partial charge is 0.312 e. The van der Waals surface area contributed by atoms with Gasteiger partial charge < -0.3 is 80.5 Å². The molecule has 0 rings (SSSR count). The highest BCUT2D eigenvalue weighted by atomic mass is 16.6. The minimum absolute atomic E-state index is 0.113. The topological polar surface area (TPSA) is 345 Å². The molecule has 0 N–H and O–H groups in total. The number of esters is 11. The van der Waals surface area contributed by atoms with Crippen LogP contribution in [0.1, 0.15) is 410 Å². The first kappa shape index (κ1) is 150. The summed E-state index contributed by atoms with van der Waals surface area (Å²) in [6.45, 7) is 99.1. The van der Waals surface area contributed by atoms with Crippen molar-refractivity contribution in [3.05, 3.63) is 0 Å². The van der Waals surface area contributed by atoms with Crippen molar-refractivity contribution in [1.82, 2.24) is 0 Å². The zero-order chi connectivity index (χ0) is 108. The largest absolute Gasteiger partial charge is 0.463 e. The second-order valence-electron chi connectivity index (χ2n) is 44.1. The molecule has 28 heteroatoms. The number of hydrogen-bond donors (Lipinski definition) is 0. The van der Waals surface area contributed by atoms with Crippen molar-refractivity contribution in [3.63, 3.8) is 0 Å². The Balaban J connectivity index is -0.000000137. The zero-order valence-corrected chi connectivity index (χ0v) is 95.9. The molecule has 0 unspecified atom stereocenters. The molecule has 0 aliphatic carbocycles. The molecule has 0 heterocycles. The summed E-state index contributed by atoms with van der Waals surface area (Å²) in [5.74, 6) is -1.47. The molecule has 0 aromatic rings. The van der Waals surface area contributed by atoms with Crippen molar-refractivity contribution >= 4 is 65.7 Å². The molecule has 0 bridgehead atoms. The molecule has 0 aliphatic rings. The van der Waals surface area contributed by atoms with Crippen molar-refractivity contribution in [2.45, 2.75) is 438 Å². The first-order chi connectivity index (χ1) is 59.7. The maximum atomic E-state index is 11.5. The molecular formula is C105H210O28. The van der Waals surface area contributed by atoms with Crippen LogP contribution in [0.2, 0.25) is 0 Å². The molecule has 0 fully saturated rings. The Morgan fingerprint density at radius 1 is 0.150 bits per heavy atom. The van der Waals surface area contributed by atoms with Gasteiger partial charge in [-0.3, -0.25) is 52.7 Å². The third-order valence-corrected chi connectivity index (χ3v) is 21.1. The van der Waals surface area contributed by atoms with E-state index in [2.05, 4.69) is 0 Å². The summed E-state index contributed by atoms with van der Waals surface area (Å²) in [6, 6.07) is 0. The van der Waals surface area contributed by atoms with Crippen molar-refractivity contribution in [2.24, 2.45) is 59.6 Å². The van der Waals surface area contributed by atoms with Crippen LogP contribution in [0, 0.1) is 59.6 Å². The van der Waals surface area contributed by atoms with E-state index in [9.17, 15) is 52.7 Å². The first-order valence-corrected chi connectivity index (χ1v) is 47.9.